The minimum atomic E-state index is -0.0354. The van der Waals surface area contributed by atoms with Crippen LogP contribution < -0.4 is 10.6 Å². The number of fused-ring (bicyclic) bond motifs is 2. The largest absolute Gasteiger partial charge is 0.335 e. The molecule has 2 saturated carbocycles. The van der Waals surface area contributed by atoms with Crippen LogP contribution in [0.3, 0.4) is 0 Å². The van der Waals surface area contributed by atoms with Crippen LogP contribution in [-0.2, 0) is 6.54 Å². The quantitative estimate of drug-likeness (QED) is 0.872. The van der Waals surface area contributed by atoms with Crippen LogP contribution in [0.2, 0.25) is 0 Å². The van der Waals surface area contributed by atoms with Gasteiger partial charge in [0.05, 0.1) is 0 Å². The summed E-state index contributed by atoms with van der Waals surface area (Å²) >= 11 is 0. The summed E-state index contributed by atoms with van der Waals surface area (Å²) in [5.41, 5.74) is 2.38. The molecule has 0 aliphatic heterocycles. The molecule has 0 aromatic heterocycles. The summed E-state index contributed by atoms with van der Waals surface area (Å²) in [5, 5.41) is 6.12. The Labute approximate surface area is 127 Å². The molecule has 0 spiro atoms. The predicted molar refractivity (Wildman–Crippen MR) is 85.0 cm³/mol. The highest BCUT2D eigenvalue weighted by Gasteiger charge is 2.42. The number of hydrogen-bond acceptors (Lipinski definition) is 1. The molecule has 2 fully saturated rings. The summed E-state index contributed by atoms with van der Waals surface area (Å²) in [7, 11) is 0. The summed E-state index contributed by atoms with van der Waals surface area (Å²) < 4.78 is 0. The lowest BCUT2D eigenvalue weighted by Crippen LogP contribution is -2.45. The fourth-order valence-electron chi connectivity index (χ4n) is 4.28. The van der Waals surface area contributed by atoms with E-state index < -0.39 is 0 Å². The van der Waals surface area contributed by atoms with Gasteiger partial charge in [-0.2, -0.15) is 0 Å². The summed E-state index contributed by atoms with van der Waals surface area (Å²) in [6.07, 6.45) is 5.48. The minimum Gasteiger partial charge on any atom is -0.335 e. The van der Waals surface area contributed by atoms with E-state index in [-0.39, 0.29) is 12.1 Å². The van der Waals surface area contributed by atoms with Gasteiger partial charge >= 0.3 is 6.03 Å². The SMILES string of the molecule is Cc1cccc(CNC(=O)NC(C)C2CC3CCC2C3)c1. The topological polar surface area (TPSA) is 41.1 Å². The molecule has 3 heteroatoms. The lowest BCUT2D eigenvalue weighted by Gasteiger charge is -2.28. The molecule has 0 radical (unpaired) electrons. The number of aryl methyl sites for hydroxylation is 1. The first kappa shape index (κ1) is 14.4. The van der Waals surface area contributed by atoms with Crippen LogP contribution in [0.15, 0.2) is 24.3 Å². The van der Waals surface area contributed by atoms with Gasteiger partial charge in [-0.1, -0.05) is 36.2 Å². The van der Waals surface area contributed by atoms with Crippen LogP contribution in [0, 0.1) is 24.7 Å². The maximum atomic E-state index is 12.1. The Kier molecular flexibility index (Phi) is 4.18. The molecular weight excluding hydrogens is 260 g/mol. The number of carbonyl (C=O) groups is 1. The highest BCUT2D eigenvalue weighted by Crippen LogP contribution is 2.49. The van der Waals surface area contributed by atoms with E-state index in [4.69, 9.17) is 0 Å². The van der Waals surface area contributed by atoms with Gasteiger partial charge in [0.15, 0.2) is 0 Å². The van der Waals surface area contributed by atoms with Crippen LogP contribution in [0.4, 0.5) is 4.79 Å². The zero-order valence-corrected chi connectivity index (χ0v) is 13.1. The van der Waals surface area contributed by atoms with Gasteiger partial charge in [-0.15, -0.1) is 0 Å². The second-order valence-electron chi connectivity index (χ2n) is 6.94. The van der Waals surface area contributed by atoms with E-state index in [9.17, 15) is 4.79 Å². The molecule has 4 atom stereocenters. The molecule has 21 heavy (non-hydrogen) atoms. The molecule has 114 valence electrons. The molecule has 2 aliphatic rings. The van der Waals surface area contributed by atoms with Crippen molar-refractivity contribution in [3.63, 3.8) is 0 Å². The number of carbonyl (C=O) groups excluding carboxylic acids is 1. The van der Waals surface area contributed by atoms with Gasteiger partial charge in [0.25, 0.3) is 0 Å². The van der Waals surface area contributed by atoms with Crippen LogP contribution in [-0.4, -0.2) is 12.1 Å². The van der Waals surface area contributed by atoms with Gasteiger partial charge in [-0.3, -0.25) is 0 Å². The van der Waals surface area contributed by atoms with E-state index in [0.29, 0.717) is 12.5 Å². The smallest absolute Gasteiger partial charge is 0.315 e. The Bertz CT molecular complexity index is 514. The van der Waals surface area contributed by atoms with Crippen molar-refractivity contribution >= 4 is 6.03 Å². The summed E-state index contributed by atoms with van der Waals surface area (Å²) in [6.45, 7) is 4.83. The van der Waals surface area contributed by atoms with Crippen molar-refractivity contribution in [1.29, 1.82) is 0 Å². The Morgan fingerprint density at radius 2 is 2.19 bits per heavy atom. The summed E-state index contributed by atoms with van der Waals surface area (Å²) in [6, 6.07) is 8.51. The molecule has 1 aromatic rings. The van der Waals surface area contributed by atoms with Gasteiger partial charge in [0, 0.05) is 12.6 Å². The van der Waals surface area contributed by atoms with Gasteiger partial charge in [-0.05, 0) is 56.4 Å². The molecule has 0 heterocycles. The third-order valence-corrected chi connectivity index (χ3v) is 5.33. The molecular formula is C18H26N2O. The van der Waals surface area contributed by atoms with E-state index in [0.717, 1.165) is 17.4 Å². The van der Waals surface area contributed by atoms with Crippen molar-refractivity contribution in [2.24, 2.45) is 17.8 Å². The Morgan fingerprint density at radius 3 is 2.86 bits per heavy atom. The van der Waals surface area contributed by atoms with Gasteiger partial charge in [-0.25, -0.2) is 4.79 Å². The first-order chi connectivity index (χ1) is 10.1. The Balaban J connectivity index is 1.46. The molecule has 3 rings (SSSR count). The van der Waals surface area contributed by atoms with Gasteiger partial charge in [0.2, 0.25) is 0 Å². The maximum Gasteiger partial charge on any atom is 0.315 e. The highest BCUT2D eigenvalue weighted by atomic mass is 16.2. The molecule has 0 saturated heterocycles. The summed E-state index contributed by atoms with van der Waals surface area (Å²) in [4.78, 5) is 12.1. The highest BCUT2D eigenvalue weighted by molar-refractivity contribution is 5.74. The normalized spacial score (nSPS) is 28.4. The molecule has 2 aliphatic carbocycles. The van der Waals surface area contributed by atoms with Crippen molar-refractivity contribution in [3.05, 3.63) is 35.4 Å². The fraction of sp³-hybridized carbons (Fsp3) is 0.611. The Hall–Kier alpha value is -1.51. The first-order valence-electron chi connectivity index (χ1n) is 8.21. The summed E-state index contributed by atoms with van der Waals surface area (Å²) in [5.74, 6) is 2.47. The van der Waals surface area contributed by atoms with Crippen LogP contribution in [0.1, 0.15) is 43.7 Å². The van der Waals surface area contributed by atoms with E-state index in [1.54, 1.807) is 0 Å². The van der Waals surface area contributed by atoms with E-state index in [2.05, 4.69) is 36.6 Å². The number of urea groups is 1. The lowest BCUT2D eigenvalue weighted by molar-refractivity contribution is 0.220. The average Bonchev–Trinajstić information content (AvgIpc) is 3.08. The Morgan fingerprint density at radius 1 is 1.33 bits per heavy atom. The molecule has 2 N–H and O–H groups in total. The van der Waals surface area contributed by atoms with Crippen molar-refractivity contribution < 1.29 is 4.79 Å². The number of rotatable bonds is 4. The molecule has 4 unspecified atom stereocenters. The van der Waals surface area contributed by atoms with Gasteiger partial charge in [0.1, 0.15) is 0 Å². The van der Waals surface area contributed by atoms with Gasteiger partial charge < -0.3 is 10.6 Å². The van der Waals surface area contributed by atoms with Crippen LogP contribution in [0.25, 0.3) is 0 Å². The van der Waals surface area contributed by atoms with Crippen LogP contribution >= 0.6 is 0 Å². The zero-order chi connectivity index (χ0) is 14.8. The monoisotopic (exact) mass is 286 g/mol. The maximum absolute atomic E-state index is 12.1. The average molecular weight is 286 g/mol. The van der Waals surface area contributed by atoms with Crippen molar-refractivity contribution in [2.45, 2.75) is 52.1 Å². The van der Waals surface area contributed by atoms with Crippen molar-refractivity contribution in [3.8, 4) is 0 Å². The van der Waals surface area contributed by atoms with E-state index >= 15 is 0 Å². The molecule has 2 amide bonds. The van der Waals surface area contributed by atoms with Crippen LogP contribution in [0.5, 0.6) is 0 Å². The minimum absolute atomic E-state index is 0.0354. The number of amides is 2. The number of hydrogen-bond donors (Lipinski definition) is 2. The molecule has 1 aromatic carbocycles. The van der Waals surface area contributed by atoms with E-state index in [1.807, 2.05) is 12.1 Å². The number of benzene rings is 1. The van der Waals surface area contributed by atoms with E-state index in [1.165, 1.54) is 31.2 Å². The molecule has 2 bridgehead atoms. The third kappa shape index (κ3) is 3.39. The van der Waals surface area contributed by atoms with Crippen molar-refractivity contribution in [2.75, 3.05) is 0 Å². The zero-order valence-electron chi connectivity index (χ0n) is 13.1. The second-order valence-corrected chi connectivity index (χ2v) is 6.94. The molecule has 3 nitrogen and oxygen atoms in total. The fourth-order valence-corrected chi connectivity index (χ4v) is 4.28. The lowest BCUT2D eigenvalue weighted by atomic mass is 9.84. The third-order valence-electron chi connectivity index (χ3n) is 5.33. The second kappa shape index (κ2) is 6.08. The first-order valence-corrected chi connectivity index (χ1v) is 8.21. The van der Waals surface area contributed by atoms with Crippen molar-refractivity contribution in [1.82, 2.24) is 10.6 Å². The predicted octanol–water partition coefficient (Wildman–Crippen LogP) is 3.62. The standard InChI is InChI=1S/C18H26N2O/c1-12-4-3-5-15(8-12)11-19-18(21)20-13(2)17-10-14-6-7-16(17)9-14/h3-5,8,13-14,16-17H,6-7,9-11H2,1-2H3,(H2,19,20,21). The number of nitrogens with one attached hydrogen (secondary N) is 2.